The molecule has 6 heteroatoms. The van der Waals surface area contributed by atoms with Gasteiger partial charge >= 0.3 is 0 Å². The van der Waals surface area contributed by atoms with E-state index < -0.39 is 5.24 Å². The molecule has 166 valence electrons. The Bertz CT molecular complexity index is 1340. The van der Waals surface area contributed by atoms with Gasteiger partial charge in [-0.05, 0) is 74.2 Å². The Morgan fingerprint density at radius 2 is 1.78 bits per heavy atom. The van der Waals surface area contributed by atoms with Crippen molar-refractivity contribution in [2.45, 2.75) is 27.7 Å². The molecule has 2 aromatic rings. The predicted molar refractivity (Wildman–Crippen MR) is 135 cm³/mol. The van der Waals surface area contributed by atoms with Gasteiger partial charge in [-0.3, -0.25) is 9.79 Å². The number of halogens is 2. The summed E-state index contributed by atoms with van der Waals surface area (Å²) in [4.78, 5) is 16.8. The van der Waals surface area contributed by atoms with Crippen LogP contribution in [0.15, 0.2) is 57.9 Å². The molecule has 1 N–H and O–H groups in total. The molecule has 32 heavy (non-hydrogen) atoms. The van der Waals surface area contributed by atoms with Crippen LogP contribution in [0.2, 0.25) is 0 Å². The van der Waals surface area contributed by atoms with Gasteiger partial charge in [0.25, 0.3) is 5.24 Å². The summed E-state index contributed by atoms with van der Waals surface area (Å²) in [6, 6.07) is 15.7. The highest BCUT2D eigenvalue weighted by Gasteiger charge is 2.22. The highest BCUT2D eigenvalue weighted by Crippen LogP contribution is 2.43. The maximum atomic E-state index is 12.2. The number of aryl methyl sites for hydroxylation is 2. The highest BCUT2D eigenvalue weighted by atomic mass is 35.5. The summed E-state index contributed by atoms with van der Waals surface area (Å²) in [7, 11) is 0. The quantitative estimate of drug-likeness (QED) is 0.254. The third kappa shape index (κ3) is 4.25. The topological polar surface area (TPSA) is 54.6 Å². The first kappa shape index (κ1) is 23.8. The molecule has 0 radical (unpaired) electrons. The van der Waals surface area contributed by atoms with Gasteiger partial charge in [0.1, 0.15) is 11.3 Å². The van der Waals surface area contributed by atoms with Crippen molar-refractivity contribution in [3.05, 3.63) is 70.6 Å². The molecular weight excluding hydrogens is 443 g/mol. The van der Waals surface area contributed by atoms with Gasteiger partial charge in [0.05, 0.1) is 5.36 Å². The molecule has 1 aliphatic heterocycles. The fraction of sp³-hybridized carbons (Fsp3) is 0.231. The van der Waals surface area contributed by atoms with Crippen LogP contribution in [0.1, 0.15) is 35.3 Å². The van der Waals surface area contributed by atoms with E-state index in [4.69, 9.17) is 16.0 Å². The average molecular weight is 469 g/mol. The SMILES string of the molecule is CCN=c1cc2oc3cc(NCC)c(C)cc3c(-c3ccccc3C(=O)Cl)c-2cc1C.Cl. The molecule has 0 unspecified atom stereocenters. The summed E-state index contributed by atoms with van der Waals surface area (Å²) in [6.07, 6.45) is 0. The van der Waals surface area contributed by atoms with Crippen LogP contribution in [-0.2, 0) is 0 Å². The van der Waals surface area contributed by atoms with Crippen LogP contribution < -0.4 is 10.7 Å². The zero-order chi connectivity index (χ0) is 22.1. The number of anilines is 1. The van der Waals surface area contributed by atoms with Gasteiger partial charge in [0, 0.05) is 53.0 Å². The zero-order valence-electron chi connectivity index (χ0n) is 18.6. The summed E-state index contributed by atoms with van der Waals surface area (Å²) in [5.41, 5.74) is 7.08. The molecular formula is C26H26Cl2N2O2. The smallest absolute Gasteiger partial charge is 0.253 e. The number of fused-ring (bicyclic) bond motifs is 2. The third-order valence-corrected chi connectivity index (χ3v) is 5.69. The number of nitrogens with zero attached hydrogens (tertiary/aromatic N) is 1. The van der Waals surface area contributed by atoms with Crippen LogP contribution in [0.3, 0.4) is 0 Å². The molecule has 1 aliphatic carbocycles. The highest BCUT2D eigenvalue weighted by molar-refractivity contribution is 6.68. The number of hydrogen-bond donors (Lipinski definition) is 1. The second-order valence-corrected chi connectivity index (χ2v) is 7.94. The normalized spacial score (nSPS) is 11.6. The molecule has 0 spiro atoms. The minimum atomic E-state index is -0.479. The van der Waals surface area contributed by atoms with Crippen molar-refractivity contribution >= 4 is 45.9 Å². The van der Waals surface area contributed by atoms with E-state index in [1.165, 1.54) is 0 Å². The minimum Gasteiger partial charge on any atom is -0.456 e. The third-order valence-electron chi connectivity index (χ3n) is 5.49. The van der Waals surface area contributed by atoms with E-state index in [2.05, 4.69) is 36.3 Å². The average Bonchev–Trinajstić information content (AvgIpc) is 2.74. The number of benzene rings is 3. The molecule has 0 bridgehead atoms. The van der Waals surface area contributed by atoms with Gasteiger partial charge in [0.2, 0.25) is 0 Å². The van der Waals surface area contributed by atoms with Crippen molar-refractivity contribution in [2.24, 2.45) is 4.99 Å². The molecule has 4 rings (SSSR count). The molecule has 0 amide bonds. The van der Waals surface area contributed by atoms with E-state index in [9.17, 15) is 4.79 Å². The van der Waals surface area contributed by atoms with Gasteiger partial charge < -0.3 is 9.73 Å². The van der Waals surface area contributed by atoms with Crippen molar-refractivity contribution in [2.75, 3.05) is 18.4 Å². The van der Waals surface area contributed by atoms with Crippen molar-refractivity contribution in [1.29, 1.82) is 0 Å². The Kier molecular flexibility index (Phi) is 7.27. The first-order valence-electron chi connectivity index (χ1n) is 10.5. The second-order valence-electron chi connectivity index (χ2n) is 7.60. The van der Waals surface area contributed by atoms with Crippen molar-refractivity contribution in [1.82, 2.24) is 0 Å². The molecule has 0 fully saturated rings. The Labute approximate surface area is 199 Å². The molecule has 0 saturated carbocycles. The maximum Gasteiger partial charge on any atom is 0.253 e. The van der Waals surface area contributed by atoms with Crippen LogP contribution in [0.5, 0.6) is 0 Å². The number of nitrogens with one attached hydrogen (secondary N) is 1. The lowest BCUT2D eigenvalue weighted by molar-refractivity contribution is 0.108. The summed E-state index contributed by atoms with van der Waals surface area (Å²) in [6.45, 7) is 9.70. The Balaban J connectivity index is 0.00000289. The standard InChI is InChI=1S/C26H25ClN2O2.ClH/c1-5-28-21-13-23-19(11-15(21)3)25(17-9-7-8-10-18(17)26(27)30)20-12-16(4)22(29-6-2)14-24(20)31-23;/h7-14,28H,5-6H2,1-4H3;1H. The van der Waals surface area contributed by atoms with E-state index in [-0.39, 0.29) is 12.4 Å². The summed E-state index contributed by atoms with van der Waals surface area (Å²) >= 11 is 5.97. The van der Waals surface area contributed by atoms with Crippen molar-refractivity contribution in [3.63, 3.8) is 0 Å². The van der Waals surface area contributed by atoms with Crippen molar-refractivity contribution in [3.8, 4) is 22.5 Å². The molecule has 2 aromatic carbocycles. The van der Waals surface area contributed by atoms with E-state index in [0.29, 0.717) is 12.1 Å². The van der Waals surface area contributed by atoms with E-state index in [0.717, 1.165) is 62.1 Å². The van der Waals surface area contributed by atoms with E-state index in [1.54, 1.807) is 6.07 Å². The van der Waals surface area contributed by atoms with E-state index >= 15 is 0 Å². The molecule has 4 nitrogen and oxygen atoms in total. The molecule has 0 atom stereocenters. The van der Waals surface area contributed by atoms with Crippen LogP contribution in [-0.4, -0.2) is 18.3 Å². The lowest BCUT2D eigenvalue weighted by atomic mass is 9.89. The Morgan fingerprint density at radius 1 is 1.03 bits per heavy atom. The van der Waals surface area contributed by atoms with Gasteiger partial charge in [-0.1, -0.05) is 18.2 Å². The minimum absolute atomic E-state index is 0. The van der Waals surface area contributed by atoms with Gasteiger partial charge in [-0.25, -0.2) is 0 Å². The zero-order valence-corrected chi connectivity index (χ0v) is 20.2. The predicted octanol–water partition coefficient (Wildman–Crippen LogP) is 6.97. The lowest BCUT2D eigenvalue weighted by Gasteiger charge is -2.19. The fourth-order valence-electron chi connectivity index (χ4n) is 4.07. The summed E-state index contributed by atoms with van der Waals surface area (Å²) in [5.74, 6) is 0.725. The molecule has 0 aromatic heterocycles. The Morgan fingerprint density at radius 3 is 2.47 bits per heavy atom. The van der Waals surface area contributed by atoms with Crippen LogP contribution in [0, 0.1) is 13.8 Å². The Hall–Kier alpha value is -2.82. The van der Waals surface area contributed by atoms with Gasteiger partial charge in [-0.15, -0.1) is 12.4 Å². The first-order valence-corrected chi connectivity index (χ1v) is 10.9. The summed E-state index contributed by atoms with van der Waals surface area (Å²) in [5, 5.41) is 4.76. The number of carbonyl (C=O) groups excluding carboxylic acids is 1. The number of hydrogen-bond acceptors (Lipinski definition) is 4. The molecule has 0 saturated heterocycles. The van der Waals surface area contributed by atoms with Gasteiger partial charge in [-0.2, -0.15) is 0 Å². The molecule has 2 aliphatic rings. The van der Waals surface area contributed by atoms with Crippen molar-refractivity contribution < 1.29 is 9.21 Å². The number of rotatable bonds is 5. The second kappa shape index (κ2) is 9.76. The van der Waals surface area contributed by atoms with Crippen LogP contribution in [0.25, 0.3) is 33.4 Å². The van der Waals surface area contributed by atoms with E-state index in [1.807, 2.05) is 44.2 Å². The maximum absolute atomic E-state index is 12.2. The summed E-state index contributed by atoms with van der Waals surface area (Å²) < 4.78 is 6.37. The van der Waals surface area contributed by atoms with Gasteiger partial charge in [0.15, 0.2) is 0 Å². The van der Waals surface area contributed by atoms with Crippen LogP contribution >= 0.6 is 24.0 Å². The molecule has 1 heterocycles. The largest absolute Gasteiger partial charge is 0.456 e. The lowest BCUT2D eigenvalue weighted by Crippen LogP contribution is -2.09. The monoisotopic (exact) mass is 468 g/mol. The number of carbonyl (C=O) groups is 1. The van der Waals surface area contributed by atoms with Crippen LogP contribution in [0.4, 0.5) is 5.69 Å². The first-order chi connectivity index (χ1) is 14.9. The fourth-order valence-corrected chi connectivity index (χ4v) is 4.24.